The lowest BCUT2D eigenvalue weighted by atomic mass is 10.0. The van der Waals surface area contributed by atoms with Crippen molar-refractivity contribution in [1.29, 1.82) is 5.26 Å². The molecule has 0 aliphatic rings. The van der Waals surface area contributed by atoms with Gasteiger partial charge in [0.05, 0.1) is 12.6 Å². The van der Waals surface area contributed by atoms with Crippen molar-refractivity contribution in [3.63, 3.8) is 0 Å². The van der Waals surface area contributed by atoms with Crippen LogP contribution in [0.15, 0.2) is 54.2 Å². The third kappa shape index (κ3) is 6.04. The molecule has 0 saturated carbocycles. The van der Waals surface area contributed by atoms with E-state index in [0.29, 0.717) is 18.2 Å². The van der Waals surface area contributed by atoms with Crippen LogP contribution in [-0.4, -0.2) is 12.5 Å². The summed E-state index contributed by atoms with van der Waals surface area (Å²) in [6.45, 7) is 6.78. The van der Waals surface area contributed by atoms with Gasteiger partial charge in [-0.1, -0.05) is 41.4 Å². The molecule has 0 heterocycles. The zero-order valence-electron chi connectivity index (χ0n) is 16.3. The second-order valence-corrected chi connectivity index (χ2v) is 6.78. The average molecular weight is 398 g/mol. The van der Waals surface area contributed by atoms with Crippen molar-refractivity contribution >= 4 is 17.5 Å². The molecule has 0 aromatic heterocycles. The second kappa shape index (κ2) is 10.4. The van der Waals surface area contributed by atoms with Crippen molar-refractivity contribution in [2.75, 3.05) is 6.61 Å². The molecular weight excluding hydrogens is 374 g/mol. The van der Waals surface area contributed by atoms with Gasteiger partial charge < -0.3 is 15.4 Å². The number of nitriles is 1. The number of amides is 1. The number of hydrogen-bond acceptors (Lipinski definition) is 4. The molecule has 0 fully saturated rings. The topological polar surface area (TPSA) is 74.1 Å². The first kappa shape index (κ1) is 21.3. The molecule has 28 heavy (non-hydrogen) atoms. The number of ether oxygens (including phenoxy) is 1. The summed E-state index contributed by atoms with van der Waals surface area (Å²) in [5.74, 6) is 0.284. The predicted molar refractivity (Wildman–Crippen MR) is 111 cm³/mol. The van der Waals surface area contributed by atoms with Crippen LogP contribution in [0.4, 0.5) is 0 Å². The maximum atomic E-state index is 12.5. The van der Waals surface area contributed by atoms with Gasteiger partial charge in [0, 0.05) is 23.3 Å². The van der Waals surface area contributed by atoms with Gasteiger partial charge in [0.2, 0.25) is 0 Å². The zero-order chi connectivity index (χ0) is 20.5. The van der Waals surface area contributed by atoms with Gasteiger partial charge >= 0.3 is 0 Å². The zero-order valence-corrected chi connectivity index (χ0v) is 17.0. The molecule has 2 N–H and O–H groups in total. The minimum atomic E-state index is -0.442. The molecule has 0 radical (unpaired) electrons. The molecule has 1 unspecified atom stereocenters. The Hall–Kier alpha value is -2.97. The van der Waals surface area contributed by atoms with Crippen molar-refractivity contribution < 1.29 is 9.53 Å². The Kier molecular flexibility index (Phi) is 7.91. The summed E-state index contributed by atoms with van der Waals surface area (Å²) < 4.78 is 5.65. The number of aryl methyl sites for hydroxylation is 1. The minimum Gasteiger partial charge on any atom is -0.494 e. The van der Waals surface area contributed by atoms with E-state index in [2.05, 4.69) is 10.6 Å². The lowest BCUT2D eigenvalue weighted by molar-refractivity contribution is -0.117. The Morgan fingerprint density at radius 1 is 1.29 bits per heavy atom. The highest BCUT2D eigenvalue weighted by molar-refractivity contribution is 6.30. The molecule has 1 atom stereocenters. The molecule has 5 nitrogen and oxygen atoms in total. The Morgan fingerprint density at radius 2 is 2.00 bits per heavy atom. The predicted octanol–water partition coefficient (Wildman–Crippen LogP) is 4.42. The van der Waals surface area contributed by atoms with E-state index in [0.717, 1.165) is 22.4 Å². The number of benzene rings is 2. The number of carbonyl (C=O) groups excluding carboxylic acids is 1. The smallest absolute Gasteiger partial charge is 0.263 e. The monoisotopic (exact) mass is 397 g/mol. The molecule has 146 valence electrons. The number of carbonyl (C=O) groups is 1. The van der Waals surface area contributed by atoms with Crippen LogP contribution in [0, 0.1) is 18.3 Å². The number of halogens is 1. The van der Waals surface area contributed by atoms with Crippen molar-refractivity contribution in [2.24, 2.45) is 0 Å². The minimum absolute atomic E-state index is 0.00595. The summed E-state index contributed by atoms with van der Waals surface area (Å²) in [5, 5.41) is 15.9. The Labute approximate surface area is 171 Å². The SMILES string of the molecule is CCOc1ccc(C)cc1C(C)NC(=O)/C(C#N)=C\NCc1ccc(Cl)cc1. The first-order chi connectivity index (χ1) is 13.4. The fraction of sp³-hybridized carbons (Fsp3) is 0.273. The van der Waals surface area contributed by atoms with E-state index in [9.17, 15) is 10.1 Å². The summed E-state index contributed by atoms with van der Waals surface area (Å²) >= 11 is 5.86. The van der Waals surface area contributed by atoms with Gasteiger partial charge in [-0.15, -0.1) is 0 Å². The van der Waals surface area contributed by atoms with E-state index < -0.39 is 5.91 Å². The number of rotatable bonds is 8. The summed E-state index contributed by atoms with van der Waals surface area (Å²) in [6, 6.07) is 14.8. The second-order valence-electron chi connectivity index (χ2n) is 6.35. The highest BCUT2D eigenvalue weighted by Crippen LogP contribution is 2.26. The highest BCUT2D eigenvalue weighted by Gasteiger charge is 2.17. The van der Waals surface area contributed by atoms with Gasteiger partial charge in [-0.2, -0.15) is 5.26 Å². The first-order valence-corrected chi connectivity index (χ1v) is 9.44. The van der Waals surface area contributed by atoms with Crippen molar-refractivity contribution in [2.45, 2.75) is 33.4 Å². The average Bonchev–Trinajstić information content (AvgIpc) is 2.68. The Morgan fingerprint density at radius 3 is 2.64 bits per heavy atom. The number of nitrogens with zero attached hydrogens (tertiary/aromatic N) is 1. The molecule has 0 aliphatic heterocycles. The van der Waals surface area contributed by atoms with Gasteiger partial charge in [0.15, 0.2) is 0 Å². The van der Waals surface area contributed by atoms with E-state index in [4.69, 9.17) is 16.3 Å². The lowest BCUT2D eigenvalue weighted by Crippen LogP contribution is -2.29. The molecule has 2 aromatic rings. The Bertz CT molecular complexity index is 886. The van der Waals surface area contributed by atoms with E-state index in [1.165, 1.54) is 6.20 Å². The van der Waals surface area contributed by atoms with Crippen LogP contribution in [-0.2, 0) is 11.3 Å². The van der Waals surface area contributed by atoms with Gasteiger partial charge in [0.1, 0.15) is 17.4 Å². The van der Waals surface area contributed by atoms with Crippen molar-refractivity contribution in [3.8, 4) is 11.8 Å². The number of hydrogen-bond donors (Lipinski definition) is 2. The van der Waals surface area contributed by atoms with Gasteiger partial charge in [-0.25, -0.2) is 0 Å². The molecule has 0 bridgehead atoms. The van der Waals surface area contributed by atoms with Crippen molar-refractivity contribution in [1.82, 2.24) is 10.6 Å². The normalized spacial score (nSPS) is 12.0. The molecule has 1 amide bonds. The van der Waals surface area contributed by atoms with Crippen molar-refractivity contribution in [3.05, 3.63) is 76.0 Å². The van der Waals surface area contributed by atoms with Crippen LogP contribution in [0.1, 0.15) is 36.6 Å². The van der Waals surface area contributed by atoms with Crippen LogP contribution in [0.5, 0.6) is 5.75 Å². The van der Waals surface area contributed by atoms with Gasteiger partial charge in [-0.05, 0) is 44.5 Å². The third-order valence-electron chi connectivity index (χ3n) is 4.11. The largest absolute Gasteiger partial charge is 0.494 e. The standard InChI is InChI=1S/C22H24ClN3O2/c1-4-28-21-10-5-15(2)11-20(21)16(3)26-22(27)18(12-24)14-25-13-17-6-8-19(23)9-7-17/h5-11,14,16,25H,4,13H2,1-3H3,(H,26,27)/b18-14-. The fourth-order valence-corrected chi connectivity index (χ4v) is 2.79. The molecule has 6 heteroatoms. The molecule has 2 aromatic carbocycles. The van der Waals surface area contributed by atoms with E-state index in [-0.39, 0.29) is 11.6 Å². The quantitative estimate of drug-likeness (QED) is 0.510. The number of nitrogens with one attached hydrogen (secondary N) is 2. The van der Waals surface area contributed by atoms with Crippen LogP contribution < -0.4 is 15.4 Å². The van der Waals surface area contributed by atoms with Gasteiger partial charge in [0.25, 0.3) is 5.91 Å². The summed E-state index contributed by atoms with van der Waals surface area (Å²) in [6.07, 6.45) is 1.43. The first-order valence-electron chi connectivity index (χ1n) is 9.07. The third-order valence-corrected chi connectivity index (χ3v) is 4.36. The van der Waals surface area contributed by atoms with Gasteiger partial charge in [-0.3, -0.25) is 4.79 Å². The maximum absolute atomic E-state index is 12.5. The van der Waals surface area contributed by atoms with Crippen LogP contribution in [0.2, 0.25) is 5.02 Å². The van der Waals surface area contributed by atoms with E-state index >= 15 is 0 Å². The summed E-state index contributed by atoms with van der Waals surface area (Å²) in [5.41, 5.74) is 2.95. The Balaban J connectivity index is 2.04. The van der Waals surface area contributed by atoms with Crippen LogP contribution in [0.25, 0.3) is 0 Å². The van der Waals surface area contributed by atoms with Crippen LogP contribution >= 0.6 is 11.6 Å². The highest BCUT2D eigenvalue weighted by atomic mass is 35.5. The van der Waals surface area contributed by atoms with E-state index in [1.54, 1.807) is 12.1 Å². The summed E-state index contributed by atoms with van der Waals surface area (Å²) in [7, 11) is 0. The van der Waals surface area contributed by atoms with Crippen LogP contribution in [0.3, 0.4) is 0 Å². The molecule has 0 aliphatic carbocycles. The molecule has 0 saturated heterocycles. The summed E-state index contributed by atoms with van der Waals surface area (Å²) in [4.78, 5) is 12.5. The maximum Gasteiger partial charge on any atom is 0.263 e. The van der Waals surface area contributed by atoms with E-state index in [1.807, 2.05) is 57.2 Å². The molecule has 0 spiro atoms. The fourth-order valence-electron chi connectivity index (χ4n) is 2.67. The molecule has 2 rings (SSSR count). The molecular formula is C22H24ClN3O2. The lowest BCUT2D eigenvalue weighted by Gasteiger charge is -2.18.